The van der Waals surface area contributed by atoms with Gasteiger partial charge in [-0.25, -0.2) is 9.97 Å². The molecule has 5 nitrogen and oxygen atoms in total. The summed E-state index contributed by atoms with van der Waals surface area (Å²) >= 11 is 7.80. The molecule has 20 heavy (non-hydrogen) atoms. The van der Waals surface area contributed by atoms with Crippen LogP contribution >= 0.6 is 22.9 Å². The van der Waals surface area contributed by atoms with Crippen molar-refractivity contribution in [2.24, 2.45) is 0 Å². The monoisotopic (exact) mass is 305 g/mol. The maximum atomic E-state index is 8.74. The summed E-state index contributed by atoms with van der Waals surface area (Å²) in [5, 5.41) is 18.8. The number of halogens is 1. The number of rotatable bonds is 4. The van der Waals surface area contributed by atoms with Gasteiger partial charge in [0.2, 0.25) is 0 Å². The zero-order valence-corrected chi connectivity index (χ0v) is 12.7. The Morgan fingerprint density at radius 2 is 1.85 bits per heavy atom. The van der Waals surface area contributed by atoms with Crippen molar-refractivity contribution in [3.63, 3.8) is 0 Å². The highest BCUT2D eigenvalue weighted by Crippen LogP contribution is 2.32. The van der Waals surface area contributed by atoms with E-state index in [2.05, 4.69) is 9.97 Å². The Morgan fingerprint density at radius 1 is 1.20 bits per heavy atom. The number of nitrogens with zero attached hydrogens (tertiary/aromatic N) is 5. The Balaban J connectivity index is 2.37. The van der Waals surface area contributed by atoms with Gasteiger partial charge in [-0.1, -0.05) is 11.6 Å². The standard InChI is InChI=1S/C13H12ClN5S/c1-8-9(2)20-13-11(8)12(14)17-10(18-13)7-19(5-3-15)6-4-16/h5-7H2,1-2H3. The number of fused-ring (bicyclic) bond motifs is 1. The molecule has 0 fully saturated rings. The normalized spacial score (nSPS) is 10.7. The summed E-state index contributed by atoms with van der Waals surface area (Å²) < 4.78 is 0. The minimum absolute atomic E-state index is 0.162. The van der Waals surface area contributed by atoms with Gasteiger partial charge in [0.25, 0.3) is 0 Å². The van der Waals surface area contributed by atoms with E-state index in [9.17, 15) is 0 Å². The molecule has 102 valence electrons. The van der Waals surface area contributed by atoms with Crippen molar-refractivity contribution in [2.45, 2.75) is 20.4 Å². The molecular weight excluding hydrogens is 294 g/mol. The van der Waals surface area contributed by atoms with Gasteiger partial charge in [0.15, 0.2) is 0 Å². The lowest BCUT2D eigenvalue weighted by molar-refractivity contribution is 0.326. The Labute approximate surface area is 126 Å². The molecule has 0 amide bonds. The fraction of sp³-hybridized carbons (Fsp3) is 0.385. The summed E-state index contributed by atoms with van der Waals surface area (Å²) in [5.41, 5.74) is 1.10. The van der Waals surface area contributed by atoms with Crippen molar-refractivity contribution in [1.29, 1.82) is 10.5 Å². The minimum atomic E-state index is 0.162. The third-order valence-corrected chi connectivity index (χ3v) is 4.36. The Bertz CT molecular complexity index is 709. The van der Waals surface area contributed by atoms with Crippen molar-refractivity contribution >= 4 is 33.2 Å². The van der Waals surface area contributed by atoms with Gasteiger partial charge < -0.3 is 0 Å². The Kier molecular flexibility index (Phi) is 4.51. The van der Waals surface area contributed by atoms with Crippen LogP contribution in [0.3, 0.4) is 0 Å². The van der Waals surface area contributed by atoms with Crippen LogP contribution in [-0.4, -0.2) is 28.0 Å². The van der Waals surface area contributed by atoms with Gasteiger partial charge in [0.1, 0.15) is 15.8 Å². The van der Waals surface area contributed by atoms with Crippen molar-refractivity contribution in [2.75, 3.05) is 13.1 Å². The highest BCUT2D eigenvalue weighted by atomic mass is 35.5. The molecule has 0 aliphatic heterocycles. The molecule has 2 aromatic rings. The number of thiophene rings is 1. The highest BCUT2D eigenvalue weighted by molar-refractivity contribution is 7.18. The molecule has 0 saturated heterocycles. The van der Waals surface area contributed by atoms with E-state index in [1.54, 1.807) is 16.2 Å². The number of aromatic nitrogens is 2. The van der Waals surface area contributed by atoms with Crippen molar-refractivity contribution in [1.82, 2.24) is 14.9 Å². The van der Waals surface area contributed by atoms with Crippen LogP contribution in [0.1, 0.15) is 16.3 Å². The van der Waals surface area contributed by atoms with Crippen LogP contribution in [0.2, 0.25) is 5.15 Å². The molecule has 0 radical (unpaired) electrons. The number of hydrogen-bond donors (Lipinski definition) is 0. The molecule has 0 bridgehead atoms. The van der Waals surface area contributed by atoms with E-state index in [0.29, 0.717) is 17.5 Å². The topological polar surface area (TPSA) is 76.6 Å². The summed E-state index contributed by atoms with van der Waals surface area (Å²) in [6.07, 6.45) is 0. The predicted molar refractivity (Wildman–Crippen MR) is 78.4 cm³/mol. The van der Waals surface area contributed by atoms with Gasteiger partial charge in [-0.05, 0) is 19.4 Å². The van der Waals surface area contributed by atoms with Gasteiger partial charge in [0.05, 0.1) is 37.2 Å². The Hall–Kier alpha value is -1.73. The summed E-state index contributed by atoms with van der Waals surface area (Å²) in [5.74, 6) is 0.536. The molecule has 0 N–H and O–H groups in total. The third kappa shape index (κ3) is 2.88. The first-order valence-corrected chi connectivity index (χ1v) is 7.14. The van der Waals surface area contributed by atoms with Crippen LogP contribution in [0.15, 0.2) is 0 Å². The fourth-order valence-electron chi connectivity index (χ4n) is 1.88. The van der Waals surface area contributed by atoms with Crippen LogP contribution in [0.5, 0.6) is 0 Å². The summed E-state index contributed by atoms with van der Waals surface area (Å²) in [4.78, 5) is 12.5. The van der Waals surface area contributed by atoms with Crippen LogP contribution in [0.4, 0.5) is 0 Å². The first-order chi connectivity index (χ1) is 9.56. The predicted octanol–water partition coefficient (Wildman–Crippen LogP) is 2.81. The first kappa shape index (κ1) is 14.7. The van der Waals surface area contributed by atoms with Crippen molar-refractivity contribution in [3.05, 3.63) is 21.4 Å². The molecule has 0 unspecified atom stereocenters. The third-order valence-electron chi connectivity index (χ3n) is 2.98. The van der Waals surface area contributed by atoms with E-state index in [-0.39, 0.29) is 13.1 Å². The first-order valence-electron chi connectivity index (χ1n) is 5.95. The average Bonchev–Trinajstić information content (AvgIpc) is 2.66. The summed E-state index contributed by atoms with van der Waals surface area (Å²) in [7, 11) is 0. The maximum absolute atomic E-state index is 8.74. The zero-order chi connectivity index (χ0) is 14.7. The zero-order valence-electron chi connectivity index (χ0n) is 11.1. The lowest BCUT2D eigenvalue weighted by atomic mass is 10.2. The van der Waals surface area contributed by atoms with Crippen LogP contribution in [-0.2, 0) is 6.54 Å². The lowest BCUT2D eigenvalue weighted by Gasteiger charge is -2.13. The minimum Gasteiger partial charge on any atom is -0.270 e. The van der Waals surface area contributed by atoms with Gasteiger partial charge in [-0.15, -0.1) is 11.3 Å². The molecule has 2 heterocycles. The van der Waals surface area contributed by atoms with Crippen molar-refractivity contribution in [3.8, 4) is 12.1 Å². The second-order valence-electron chi connectivity index (χ2n) is 4.36. The molecule has 0 atom stereocenters. The molecule has 2 aromatic heterocycles. The fourth-order valence-corrected chi connectivity index (χ4v) is 3.31. The molecular formula is C13H12ClN5S. The van der Waals surface area contributed by atoms with Gasteiger partial charge in [-0.3, -0.25) is 4.90 Å². The SMILES string of the molecule is Cc1sc2nc(CN(CC#N)CC#N)nc(Cl)c2c1C. The highest BCUT2D eigenvalue weighted by Gasteiger charge is 2.15. The lowest BCUT2D eigenvalue weighted by Crippen LogP contribution is -2.25. The van der Waals surface area contributed by atoms with E-state index in [1.165, 1.54) is 4.88 Å². The van der Waals surface area contributed by atoms with E-state index >= 15 is 0 Å². The second-order valence-corrected chi connectivity index (χ2v) is 5.92. The number of hydrogen-bond acceptors (Lipinski definition) is 6. The molecule has 0 aliphatic rings. The van der Waals surface area contributed by atoms with E-state index in [0.717, 1.165) is 15.8 Å². The molecule has 7 heteroatoms. The molecule has 0 aliphatic carbocycles. The van der Waals surface area contributed by atoms with E-state index in [4.69, 9.17) is 22.1 Å². The van der Waals surface area contributed by atoms with Gasteiger partial charge >= 0.3 is 0 Å². The smallest absolute Gasteiger partial charge is 0.145 e. The van der Waals surface area contributed by atoms with Crippen molar-refractivity contribution < 1.29 is 0 Å². The van der Waals surface area contributed by atoms with Crippen LogP contribution < -0.4 is 0 Å². The summed E-state index contributed by atoms with van der Waals surface area (Å²) in [6, 6.07) is 4.05. The van der Waals surface area contributed by atoms with Crippen LogP contribution in [0, 0.1) is 36.5 Å². The average molecular weight is 306 g/mol. The van der Waals surface area contributed by atoms with Gasteiger partial charge in [-0.2, -0.15) is 10.5 Å². The maximum Gasteiger partial charge on any atom is 0.145 e. The molecule has 0 saturated carbocycles. The van der Waals surface area contributed by atoms with E-state index in [1.807, 2.05) is 26.0 Å². The molecule has 0 aromatic carbocycles. The molecule has 0 spiro atoms. The Morgan fingerprint density at radius 3 is 2.45 bits per heavy atom. The summed E-state index contributed by atoms with van der Waals surface area (Å²) in [6.45, 7) is 4.69. The van der Waals surface area contributed by atoms with Crippen LogP contribution in [0.25, 0.3) is 10.2 Å². The van der Waals surface area contributed by atoms with Gasteiger partial charge in [0, 0.05) is 4.88 Å². The second kappa shape index (κ2) is 6.15. The number of aryl methyl sites for hydroxylation is 2. The molecule has 2 rings (SSSR count). The quantitative estimate of drug-likeness (QED) is 0.641. The van der Waals surface area contributed by atoms with E-state index < -0.39 is 0 Å². The largest absolute Gasteiger partial charge is 0.270 e. The number of nitriles is 2.